The van der Waals surface area contributed by atoms with Gasteiger partial charge in [-0.3, -0.25) is 4.21 Å². The predicted molar refractivity (Wildman–Crippen MR) is 117 cm³/mol. The fraction of sp³-hybridized carbons (Fsp3) is 0.316. The first kappa shape index (κ1) is 19.2. The number of thiazole rings is 1. The molecule has 0 aromatic carbocycles. The summed E-state index contributed by atoms with van der Waals surface area (Å²) >= 11 is 2.99. The lowest BCUT2D eigenvalue weighted by molar-refractivity contribution is -0.665. The largest absolute Gasteiger partial charge is 0.396 e. The Bertz CT molecular complexity index is 1160. The minimum Gasteiger partial charge on any atom is -0.396 e. The van der Waals surface area contributed by atoms with E-state index in [1.807, 2.05) is 31.6 Å². The summed E-state index contributed by atoms with van der Waals surface area (Å²) in [4.78, 5) is 13.3. The van der Waals surface area contributed by atoms with E-state index >= 15 is 0 Å². The Balaban J connectivity index is 1.98. The van der Waals surface area contributed by atoms with Crippen molar-refractivity contribution in [1.82, 2.24) is 15.0 Å². The van der Waals surface area contributed by atoms with E-state index in [0.717, 1.165) is 55.1 Å². The van der Waals surface area contributed by atoms with Crippen LogP contribution < -0.4 is 10.3 Å². The van der Waals surface area contributed by atoms with E-state index in [0.29, 0.717) is 11.4 Å². The van der Waals surface area contributed by atoms with E-state index in [1.165, 1.54) is 11.3 Å². The highest BCUT2D eigenvalue weighted by molar-refractivity contribution is 7.87. The fourth-order valence-corrected chi connectivity index (χ4v) is 6.50. The average Bonchev–Trinajstić information content (AvgIpc) is 3.41. The van der Waals surface area contributed by atoms with Crippen LogP contribution in [0.4, 0.5) is 5.69 Å². The quantitative estimate of drug-likeness (QED) is 0.450. The van der Waals surface area contributed by atoms with Gasteiger partial charge in [0, 0.05) is 35.2 Å². The monoisotopic (exact) mass is 432 g/mol. The second-order valence-electron chi connectivity index (χ2n) is 6.60. The lowest BCUT2D eigenvalue weighted by atomic mass is 10.1. The van der Waals surface area contributed by atoms with Crippen LogP contribution in [0, 0.1) is 6.92 Å². The Labute approximate surface area is 173 Å². The van der Waals surface area contributed by atoms with Crippen molar-refractivity contribution in [3.8, 4) is 22.0 Å². The molecular formula is C19H22N5OS3+. The maximum absolute atomic E-state index is 12.8. The van der Waals surface area contributed by atoms with Crippen LogP contribution >= 0.6 is 22.7 Å². The topological polar surface area (TPSA) is 88.5 Å². The lowest BCUT2D eigenvalue weighted by Crippen LogP contribution is -2.31. The molecular weight excluding hydrogens is 410 g/mol. The highest BCUT2D eigenvalue weighted by Gasteiger charge is 2.24. The third kappa shape index (κ3) is 3.27. The summed E-state index contributed by atoms with van der Waals surface area (Å²) < 4.78 is 15.6. The van der Waals surface area contributed by atoms with E-state index in [1.54, 1.807) is 17.5 Å². The SMILES string of the molecule is CCCC[S@](=O)c1sc2nc(-c3nccs3)cc(-c3c[nH]c(C)[n+]3C)c2c1N. The fourth-order valence-electron chi connectivity index (χ4n) is 3.10. The molecule has 146 valence electrons. The molecule has 28 heavy (non-hydrogen) atoms. The van der Waals surface area contributed by atoms with Crippen molar-refractivity contribution in [2.75, 3.05) is 11.5 Å². The van der Waals surface area contributed by atoms with Crippen LogP contribution in [-0.2, 0) is 17.8 Å². The minimum atomic E-state index is -1.11. The van der Waals surface area contributed by atoms with E-state index in [-0.39, 0.29) is 0 Å². The van der Waals surface area contributed by atoms with Gasteiger partial charge < -0.3 is 5.73 Å². The smallest absolute Gasteiger partial charge is 0.251 e. The van der Waals surface area contributed by atoms with Crippen molar-refractivity contribution in [3.05, 3.63) is 29.7 Å². The predicted octanol–water partition coefficient (Wildman–Crippen LogP) is 4.04. The number of imidazole rings is 1. The summed E-state index contributed by atoms with van der Waals surface area (Å²) in [5.41, 5.74) is 9.91. The molecule has 0 fully saturated rings. The number of H-pyrrole nitrogens is 1. The number of fused-ring (bicyclic) bond motifs is 1. The number of hydrogen-bond donors (Lipinski definition) is 2. The van der Waals surface area contributed by atoms with Crippen LogP contribution in [0.1, 0.15) is 25.6 Å². The number of rotatable bonds is 6. The number of nitrogens with zero attached hydrogens (tertiary/aromatic N) is 3. The number of hydrogen-bond acceptors (Lipinski definition) is 6. The van der Waals surface area contributed by atoms with Crippen molar-refractivity contribution in [2.45, 2.75) is 30.9 Å². The Morgan fingerprint density at radius 2 is 2.21 bits per heavy atom. The molecule has 0 aliphatic rings. The van der Waals surface area contributed by atoms with Crippen LogP contribution in [-0.4, -0.2) is 24.9 Å². The first-order valence-corrected chi connectivity index (χ1v) is 12.1. The van der Waals surface area contributed by atoms with E-state index in [2.05, 4.69) is 21.5 Å². The summed E-state index contributed by atoms with van der Waals surface area (Å²) in [6, 6.07) is 2.03. The van der Waals surface area contributed by atoms with E-state index < -0.39 is 10.8 Å². The molecule has 4 rings (SSSR count). The average molecular weight is 433 g/mol. The molecule has 0 saturated heterocycles. The number of thiophene rings is 1. The van der Waals surface area contributed by atoms with Crippen LogP contribution in [0.5, 0.6) is 0 Å². The zero-order chi connectivity index (χ0) is 19.8. The molecule has 1 atom stereocenters. The van der Waals surface area contributed by atoms with Crippen molar-refractivity contribution in [2.24, 2.45) is 7.05 Å². The molecule has 0 saturated carbocycles. The van der Waals surface area contributed by atoms with Gasteiger partial charge in [0.05, 0.1) is 23.5 Å². The number of unbranched alkanes of at least 4 members (excludes halogenated alkanes) is 1. The Kier molecular flexibility index (Phi) is 5.31. The molecule has 4 heterocycles. The van der Waals surface area contributed by atoms with Gasteiger partial charge in [-0.05, 0) is 12.5 Å². The number of anilines is 1. The molecule has 0 bridgehead atoms. The van der Waals surface area contributed by atoms with Crippen LogP contribution in [0.3, 0.4) is 0 Å². The van der Waals surface area contributed by atoms with Gasteiger partial charge in [-0.2, -0.15) is 0 Å². The highest BCUT2D eigenvalue weighted by Crippen LogP contribution is 2.42. The number of pyridine rings is 1. The molecule has 9 heteroatoms. The van der Waals surface area contributed by atoms with Crippen molar-refractivity contribution < 1.29 is 8.78 Å². The zero-order valence-corrected chi connectivity index (χ0v) is 18.4. The molecule has 6 nitrogen and oxygen atoms in total. The van der Waals surface area contributed by atoms with Gasteiger partial charge in [-0.1, -0.05) is 13.3 Å². The highest BCUT2D eigenvalue weighted by atomic mass is 32.2. The Morgan fingerprint density at radius 3 is 2.86 bits per heavy atom. The first-order chi connectivity index (χ1) is 13.5. The maximum atomic E-state index is 12.8. The second kappa shape index (κ2) is 7.73. The number of nitrogens with two attached hydrogens (primary N) is 1. The first-order valence-electron chi connectivity index (χ1n) is 9.06. The molecule has 0 radical (unpaired) electrons. The van der Waals surface area contributed by atoms with Gasteiger partial charge in [-0.25, -0.2) is 19.5 Å². The molecule has 0 spiro atoms. The zero-order valence-electron chi connectivity index (χ0n) is 16.0. The Morgan fingerprint density at radius 1 is 1.39 bits per heavy atom. The Hall–Kier alpha value is -2.10. The molecule has 4 aromatic rings. The van der Waals surface area contributed by atoms with Crippen molar-refractivity contribution in [3.63, 3.8) is 0 Å². The maximum Gasteiger partial charge on any atom is 0.251 e. The lowest BCUT2D eigenvalue weighted by Gasteiger charge is -2.05. The number of aromatic nitrogens is 4. The van der Waals surface area contributed by atoms with Gasteiger partial charge in [0.2, 0.25) is 0 Å². The van der Waals surface area contributed by atoms with Crippen molar-refractivity contribution >= 4 is 49.4 Å². The minimum absolute atomic E-state index is 0.585. The van der Waals surface area contributed by atoms with Crippen molar-refractivity contribution in [1.29, 1.82) is 0 Å². The molecule has 4 aromatic heterocycles. The van der Waals surface area contributed by atoms with E-state index in [9.17, 15) is 4.21 Å². The molecule has 3 N–H and O–H groups in total. The van der Waals surface area contributed by atoms with Gasteiger partial charge >= 0.3 is 0 Å². The molecule has 0 aliphatic heterocycles. The second-order valence-corrected chi connectivity index (χ2v) is 10.3. The molecule has 0 aliphatic carbocycles. The van der Waals surface area contributed by atoms with Gasteiger partial charge in [-0.15, -0.1) is 22.7 Å². The summed E-state index contributed by atoms with van der Waals surface area (Å²) in [5, 5.41) is 3.67. The normalized spacial score (nSPS) is 12.7. The van der Waals surface area contributed by atoms with Gasteiger partial charge in [0.25, 0.3) is 5.82 Å². The summed E-state index contributed by atoms with van der Waals surface area (Å²) in [5.74, 6) is 1.66. The number of aromatic amines is 1. The van der Waals surface area contributed by atoms with Crippen LogP contribution in [0.2, 0.25) is 0 Å². The number of nitrogen functional groups attached to an aromatic ring is 1. The standard InChI is InChI=1S/C19H21N5OS3/c1-4-5-8-28(25)19-16(20)15-12(14-10-22-11(2)24(14)3)9-13(23-18(15)27-19)17-21-6-7-26-17/h6-7,9-10H,4-5,8,20H2,1-3H3/p+1/t28-/m0/s1. The van der Waals surface area contributed by atoms with Crippen LogP contribution in [0.15, 0.2) is 28.0 Å². The third-order valence-electron chi connectivity index (χ3n) is 4.76. The molecule has 0 unspecified atom stereocenters. The molecule has 0 amide bonds. The summed E-state index contributed by atoms with van der Waals surface area (Å²) in [6.07, 6.45) is 5.67. The summed E-state index contributed by atoms with van der Waals surface area (Å²) in [6.45, 7) is 4.12. The van der Waals surface area contributed by atoms with Gasteiger partial charge in [0.1, 0.15) is 25.9 Å². The number of nitrogens with one attached hydrogen (secondary N) is 1. The third-order valence-corrected chi connectivity index (χ3v) is 8.55. The number of aryl methyl sites for hydroxylation is 1. The summed E-state index contributed by atoms with van der Waals surface area (Å²) in [7, 11) is 0.903. The van der Waals surface area contributed by atoms with E-state index in [4.69, 9.17) is 10.7 Å². The van der Waals surface area contributed by atoms with Crippen LogP contribution in [0.25, 0.3) is 32.2 Å². The van der Waals surface area contributed by atoms with Gasteiger partial charge in [0.15, 0.2) is 5.69 Å².